The van der Waals surface area contributed by atoms with Crippen molar-refractivity contribution >= 4 is 12.4 Å². The van der Waals surface area contributed by atoms with Crippen LogP contribution in [-0.4, -0.2) is 17.8 Å². The van der Waals surface area contributed by atoms with E-state index < -0.39 is 0 Å². The minimum Gasteiger partial charge on any atom is -0.392 e. The number of aryl methyl sites for hydroxylation is 1. The summed E-state index contributed by atoms with van der Waals surface area (Å²) in [6.07, 6.45) is 0.630. The van der Waals surface area contributed by atoms with Gasteiger partial charge >= 0.3 is 0 Å². The minimum absolute atomic E-state index is 0. The standard InChI is InChI=1S/C14H23NO.ClH/c1-11(2)7-14(16)10-15-9-13-6-4-5-12(3)8-13;/h4-6,8,11,14-16H,7,9-10H2,1-3H3;1H. The van der Waals surface area contributed by atoms with Gasteiger partial charge in [-0.15, -0.1) is 12.4 Å². The molecule has 1 rings (SSSR count). The predicted molar refractivity (Wildman–Crippen MR) is 75.6 cm³/mol. The summed E-state index contributed by atoms with van der Waals surface area (Å²) in [4.78, 5) is 0. The van der Waals surface area contributed by atoms with E-state index in [-0.39, 0.29) is 18.5 Å². The Labute approximate surface area is 111 Å². The molecule has 1 unspecified atom stereocenters. The van der Waals surface area contributed by atoms with Gasteiger partial charge in [0.15, 0.2) is 0 Å². The lowest BCUT2D eigenvalue weighted by molar-refractivity contribution is 0.146. The van der Waals surface area contributed by atoms with Crippen molar-refractivity contribution in [1.82, 2.24) is 5.32 Å². The van der Waals surface area contributed by atoms with Crippen molar-refractivity contribution in [1.29, 1.82) is 0 Å². The first-order valence-electron chi connectivity index (χ1n) is 6.02. The second-order valence-electron chi connectivity index (χ2n) is 4.90. The normalized spacial score (nSPS) is 12.3. The van der Waals surface area contributed by atoms with Gasteiger partial charge in [0.25, 0.3) is 0 Å². The van der Waals surface area contributed by atoms with Crippen LogP contribution in [0.1, 0.15) is 31.4 Å². The Balaban J connectivity index is 0.00000256. The highest BCUT2D eigenvalue weighted by atomic mass is 35.5. The fraction of sp³-hybridized carbons (Fsp3) is 0.571. The number of nitrogens with one attached hydrogen (secondary N) is 1. The summed E-state index contributed by atoms with van der Waals surface area (Å²) in [6, 6.07) is 8.44. The Kier molecular flexibility index (Phi) is 8.23. The van der Waals surface area contributed by atoms with Gasteiger partial charge in [0.1, 0.15) is 0 Å². The predicted octanol–water partition coefficient (Wildman–Crippen LogP) is 2.91. The van der Waals surface area contributed by atoms with E-state index in [1.54, 1.807) is 0 Å². The SMILES string of the molecule is Cc1cccc(CNCC(O)CC(C)C)c1.Cl. The maximum absolute atomic E-state index is 9.69. The van der Waals surface area contributed by atoms with Gasteiger partial charge in [-0.3, -0.25) is 0 Å². The molecule has 2 N–H and O–H groups in total. The highest BCUT2D eigenvalue weighted by Crippen LogP contribution is 2.05. The van der Waals surface area contributed by atoms with Crippen LogP contribution >= 0.6 is 12.4 Å². The lowest BCUT2D eigenvalue weighted by Gasteiger charge is -2.13. The van der Waals surface area contributed by atoms with E-state index in [9.17, 15) is 5.11 Å². The third-order valence-electron chi connectivity index (χ3n) is 2.54. The largest absolute Gasteiger partial charge is 0.392 e. The average Bonchev–Trinajstić information content (AvgIpc) is 2.16. The van der Waals surface area contributed by atoms with Crippen LogP contribution in [0.15, 0.2) is 24.3 Å². The van der Waals surface area contributed by atoms with Crippen LogP contribution in [0, 0.1) is 12.8 Å². The molecule has 1 aromatic carbocycles. The van der Waals surface area contributed by atoms with Crippen LogP contribution in [0.4, 0.5) is 0 Å². The van der Waals surface area contributed by atoms with E-state index in [2.05, 4.69) is 50.4 Å². The van der Waals surface area contributed by atoms with Gasteiger partial charge in [-0.2, -0.15) is 0 Å². The van der Waals surface area contributed by atoms with Gasteiger partial charge in [-0.25, -0.2) is 0 Å². The monoisotopic (exact) mass is 257 g/mol. The third kappa shape index (κ3) is 7.37. The van der Waals surface area contributed by atoms with Crippen LogP contribution in [0.5, 0.6) is 0 Å². The van der Waals surface area contributed by atoms with Gasteiger partial charge in [0.05, 0.1) is 6.10 Å². The lowest BCUT2D eigenvalue weighted by atomic mass is 10.1. The number of hydrogen-bond acceptors (Lipinski definition) is 2. The van der Waals surface area contributed by atoms with Gasteiger partial charge in [-0.1, -0.05) is 43.7 Å². The summed E-state index contributed by atoms with van der Waals surface area (Å²) in [7, 11) is 0. The molecule has 0 fully saturated rings. The Bertz CT molecular complexity index is 315. The molecule has 1 atom stereocenters. The number of hydrogen-bond donors (Lipinski definition) is 2. The van der Waals surface area contributed by atoms with Crippen molar-refractivity contribution in [3.8, 4) is 0 Å². The molecule has 0 radical (unpaired) electrons. The summed E-state index contributed by atoms with van der Waals surface area (Å²) in [5.74, 6) is 0.552. The number of rotatable bonds is 6. The quantitative estimate of drug-likeness (QED) is 0.821. The van der Waals surface area contributed by atoms with Crippen LogP contribution in [-0.2, 0) is 6.54 Å². The highest BCUT2D eigenvalue weighted by Gasteiger charge is 2.05. The van der Waals surface area contributed by atoms with Crippen LogP contribution in [0.25, 0.3) is 0 Å². The molecule has 0 bridgehead atoms. The van der Waals surface area contributed by atoms with E-state index in [0.717, 1.165) is 13.0 Å². The molecule has 1 aromatic rings. The zero-order valence-electron chi connectivity index (χ0n) is 10.9. The Morgan fingerprint density at radius 2 is 2.00 bits per heavy atom. The smallest absolute Gasteiger partial charge is 0.0667 e. The summed E-state index contributed by atoms with van der Waals surface area (Å²) >= 11 is 0. The molecule has 17 heavy (non-hydrogen) atoms. The van der Waals surface area contributed by atoms with E-state index in [4.69, 9.17) is 0 Å². The van der Waals surface area contributed by atoms with Gasteiger partial charge in [0.2, 0.25) is 0 Å². The first-order chi connectivity index (χ1) is 7.58. The molecule has 0 aliphatic carbocycles. The summed E-state index contributed by atoms with van der Waals surface area (Å²) in [5, 5.41) is 13.0. The molecule has 0 heterocycles. The van der Waals surface area contributed by atoms with Crippen LogP contribution in [0.2, 0.25) is 0 Å². The number of halogens is 1. The highest BCUT2D eigenvalue weighted by molar-refractivity contribution is 5.85. The van der Waals surface area contributed by atoms with Crippen LogP contribution < -0.4 is 5.32 Å². The molecule has 0 spiro atoms. The average molecular weight is 258 g/mol. The Morgan fingerprint density at radius 1 is 1.29 bits per heavy atom. The fourth-order valence-corrected chi connectivity index (χ4v) is 1.83. The Hall–Kier alpha value is -0.570. The molecular weight excluding hydrogens is 234 g/mol. The van der Waals surface area contributed by atoms with Crippen molar-refractivity contribution < 1.29 is 5.11 Å². The maximum Gasteiger partial charge on any atom is 0.0667 e. The second-order valence-corrected chi connectivity index (χ2v) is 4.90. The van der Waals surface area contributed by atoms with Gasteiger partial charge in [0, 0.05) is 13.1 Å². The molecule has 2 nitrogen and oxygen atoms in total. The van der Waals surface area contributed by atoms with E-state index in [0.29, 0.717) is 12.5 Å². The summed E-state index contributed by atoms with van der Waals surface area (Å²) in [6.45, 7) is 7.85. The van der Waals surface area contributed by atoms with Crippen molar-refractivity contribution in [2.45, 2.75) is 39.8 Å². The summed E-state index contributed by atoms with van der Waals surface area (Å²) in [5.41, 5.74) is 2.55. The molecule has 0 amide bonds. The molecule has 98 valence electrons. The number of benzene rings is 1. The van der Waals surface area contributed by atoms with E-state index in [1.807, 2.05) is 0 Å². The van der Waals surface area contributed by atoms with Gasteiger partial charge in [-0.05, 0) is 24.8 Å². The van der Waals surface area contributed by atoms with Crippen molar-refractivity contribution in [2.24, 2.45) is 5.92 Å². The zero-order chi connectivity index (χ0) is 12.0. The number of aliphatic hydroxyl groups is 1. The van der Waals surface area contributed by atoms with Gasteiger partial charge < -0.3 is 10.4 Å². The zero-order valence-corrected chi connectivity index (χ0v) is 11.8. The molecule has 0 saturated carbocycles. The van der Waals surface area contributed by atoms with E-state index >= 15 is 0 Å². The molecular formula is C14H24ClNO. The second kappa shape index (κ2) is 8.51. The topological polar surface area (TPSA) is 32.3 Å². The van der Waals surface area contributed by atoms with Crippen molar-refractivity contribution in [2.75, 3.05) is 6.54 Å². The van der Waals surface area contributed by atoms with E-state index in [1.165, 1.54) is 11.1 Å². The molecule has 3 heteroatoms. The molecule has 0 aliphatic heterocycles. The fourth-order valence-electron chi connectivity index (χ4n) is 1.83. The molecule has 0 aromatic heterocycles. The first-order valence-corrected chi connectivity index (χ1v) is 6.02. The Morgan fingerprint density at radius 3 is 2.59 bits per heavy atom. The summed E-state index contributed by atoms with van der Waals surface area (Å²) < 4.78 is 0. The van der Waals surface area contributed by atoms with Crippen molar-refractivity contribution in [3.05, 3.63) is 35.4 Å². The van der Waals surface area contributed by atoms with Crippen LogP contribution in [0.3, 0.4) is 0 Å². The minimum atomic E-state index is -0.232. The van der Waals surface area contributed by atoms with Crippen molar-refractivity contribution in [3.63, 3.8) is 0 Å². The third-order valence-corrected chi connectivity index (χ3v) is 2.54. The first kappa shape index (κ1) is 16.4. The number of aliphatic hydroxyl groups excluding tert-OH is 1. The lowest BCUT2D eigenvalue weighted by Crippen LogP contribution is -2.27. The molecule has 0 aliphatic rings. The molecule has 0 saturated heterocycles. The maximum atomic E-state index is 9.69.